The van der Waals surface area contributed by atoms with Crippen LogP contribution in [-0.2, 0) is 4.74 Å². The van der Waals surface area contributed by atoms with Crippen molar-refractivity contribution in [2.75, 3.05) is 6.61 Å². The molecule has 1 atom stereocenters. The van der Waals surface area contributed by atoms with Gasteiger partial charge >= 0.3 is 11.9 Å². The van der Waals surface area contributed by atoms with Crippen molar-refractivity contribution in [3.8, 4) is 0 Å². The zero-order valence-electron chi connectivity index (χ0n) is 11.8. The molecule has 0 aliphatic carbocycles. The van der Waals surface area contributed by atoms with Gasteiger partial charge in [0.15, 0.2) is 0 Å². The third kappa shape index (κ3) is 2.40. The van der Waals surface area contributed by atoms with Gasteiger partial charge in [0.05, 0.1) is 6.61 Å². The Morgan fingerprint density at radius 1 is 1.33 bits per heavy atom. The number of ether oxygens (including phenoxy) is 1. The maximum Gasteiger partial charge on any atom is 0.396 e. The average Bonchev–Trinajstić information content (AvgIpc) is 3.14. The van der Waals surface area contributed by atoms with Gasteiger partial charge in [-0.3, -0.25) is 0 Å². The van der Waals surface area contributed by atoms with Gasteiger partial charge in [-0.05, 0) is 31.4 Å². The summed E-state index contributed by atoms with van der Waals surface area (Å²) in [6, 6.07) is 9.88. The molecule has 2 heterocycles. The molecule has 0 aliphatic rings. The van der Waals surface area contributed by atoms with E-state index in [9.17, 15) is 4.79 Å². The second kappa shape index (κ2) is 5.40. The molecule has 6 nitrogen and oxygen atoms in total. The van der Waals surface area contributed by atoms with E-state index < -0.39 is 5.97 Å². The molecule has 108 valence electrons. The minimum Gasteiger partial charge on any atom is -0.459 e. The van der Waals surface area contributed by atoms with Gasteiger partial charge in [-0.2, -0.15) is 0 Å². The van der Waals surface area contributed by atoms with Crippen molar-refractivity contribution in [2.24, 2.45) is 0 Å². The first-order valence-electron chi connectivity index (χ1n) is 6.76. The number of carbonyl (C=O) groups excluding carboxylic acids is 1. The number of aromatic nitrogens is 3. The Hall–Kier alpha value is -2.63. The van der Waals surface area contributed by atoms with Crippen molar-refractivity contribution < 1.29 is 13.9 Å². The Morgan fingerprint density at radius 3 is 2.95 bits per heavy atom. The Labute approximate surface area is 121 Å². The van der Waals surface area contributed by atoms with E-state index >= 15 is 0 Å². The molecular weight excluding hydrogens is 270 g/mol. The van der Waals surface area contributed by atoms with Gasteiger partial charge in [0.1, 0.15) is 6.04 Å². The van der Waals surface area contributed by atoms with Crippen LogP contribution in [0.5, 0.6) is 0 Å². The summed E-state index contributed by atoms with van der Waals surface area (Å²) in [5, 5.41) is 8.82. The molecule has 6 heteroatoms. The first-order chi connectivity index (χ1) is 10.2. The van der Waals surface area contributed by atoms with E-state index in [4.69, 9.17) is 9.15 Å². The molecule has 0 fully saturated rings. The highest BCUT2D eigenvalue weighted by Crippen LogP contribution is 2.24. The predicted molar refractivity (Wildman–Crippen MR) is 76.0 cm³/mol. The first kappa shape index (κ1) is 13.4. The number of hydrogen-bond donors (Lipinski definition) is 0. The molecule has 0 spiro atoms. The van der Waals surface area contributed by atoms with Gasteiger partial charge < -0.3 is 13.7 Å². The van der Waals surface area contributed by atoms with E-state index in [2.05, 4.69) is 10.2 Å². The lowest BCUT2D eigenvalue weighted by molar-refractivity contribution is 0.0478. The van der Waals surface area contributed by atoms with E-state index in [0.717, 1.165) is 10.9 Å². The number of para-hydroxylation sites is 1. The topological polar surface area (TPSA) is 70.2 Å². The second-order valence-electron chi connectivity index (χ2n) is 4.62. The number of hydrogen-bond acceptors (Lipinski definition) is 5. The zero-order chi connectivity index (χ0) is 14.8. The van der Waals surface area contributed by atoms with E-state index in [1.54, 1.807) is 6.92 Å². The molecule has 0 amide bonds. The number of rotatable bonds is 4. The normalized spacial score (nSPS) is 12.5. The molecule has 0 saturated heterocycles. The van der Waals surface area contributed by atoms with Gasteiger partial charge in [-0.1, -0.05) is 18.2 Å². The molecule has 0 saturated carbocycles. The van der Waals surface area contributed by atoms with Crippen LogP contribution in [0.1, 0.15) is 36.5 Å². The summed E-state index contributed by atoms with van der Waals surface area (Å²) in [4.78, 5) is 11.6. The van der Waals surface area contributed by atoms with Gasteiger partial charge in [0.25, 0.3) is 0 Å². The van der Waals surface area contributed by atoms with Crippen LogP contribution in [0.25, 0.3) is 10.9 Å². The van der Waals surface area contributed by atoms with Crippen LogP contribution < -0.4 is 0 Å². The lowest BCUT2D eigenvalue weighted by Gasteiger charge is -2.10. The van der Waals surface area contributed by atoms with Gasteiger partial charge in [0.2, 0.25) is 5.89 Å². The number of fused-ring (bicyclic) bond motifs is 1. The van der Waals surface area contributed by atoms with Crippen molar-refractivity contribution in [2.45, 2.75) is 19.9 Å². The Kier molecular flexibility index (Phi) is 3.43. The van der Waals surface area contributed by atoms with Crippen LogP contribution in [0.15, 0.2) is 40.9 Å². The van der Waals surface area contributed by atoms with Crippen LogP contribution in [-0.4, -0.2) is 27.3 Å². The van der Waals surface area contributed by atoms with Gasteiger partial charge in [-0.15, -0.1) is 10.2 Å². The molecular formula is C15H15N3O3. The summed E-state index contributed by atoms with van der Waals surface area (Å²) in [7, 11) is 0. The van der Waals surface area contributed by atoms with Crippen molar-refractivity contribution >= 4 is 16.9 Å². The highest BCUT2D eigenvalue weighted by atomic mass is 16.5. The molecule has 0 N–H and O–H groups in total. The lowest BCUT2D eigenvalue weighted by Crippen LogP contribution is -2.06. The fourth-order valence-electron chi connectivity index (χ4n) is 2.24. The van der Waals surface area contributed by atoms with E-state index in [-0.39, 0.29) is 18.5 Å². The Bertz CT molecular complexity index is 775. The fraction of sp³-hybridized carbons (Fsp3) is 0.267. The Morgan fingerprint density at radius 2 is 2.14 bits per heavy atom. The lowest BCUT2D eigenvalue weighted by atomic mass is 10.2. The summed E-state index contributed by atoms with van der Waals surface area (Å²) < 4.78 is 12.3. The van der Waals surface area contributed by atoms with Gasteiger partial charge in [0, 0.05) is 11.7 Å². The SMILES string of the molecule is CCOC(=O)c1nnc(C(C)n2ccc3ccccc32)o1. The van der Waals surface area contributed by atoms with Crippen molar-refractivity contribution in [1.29, 1.82) is 0 Å². The molecule has 3 rings (SSSR count). The third-order valence-electron chi connectivity index (χ3n) is 3.29. The Balaban J connectivity index is 1.92. The van der Waals surface area contributed by atoms with E-state index in [1.165, 1.54) is 0 Å². The third-order valence-corrected chi connectivity index (χ3v) is 3.29. The maximum absolute atomic E-state index is 11.6. The molecule has 0 radical (unpaired) electrons. The van der Waals surface area contributed by atoms with Crippen LogP contribution in [0.3, 0.4) is 0 Å². The van der Waals surface area contributed by atoms with Crippen LogP contribution in [0.2, 0.25) is 0 Å². The summed E-state index contributed by atoms with van der Waals surface area (Å²) in [5.41, 5.74) is 1.07. The largest absolute Gasteiger partial charge is 0.459 e. The highest BCUT2D eigenvalue weighted by molar-refractivity contribution is 5.84. The van der Waals surface area contributed by atoms with Crippen LogP contribution in [0, 0.1) is 0 Å². The van der Waals surface area contributed by atoms with Gasteiger partial charge in [-0.25, -0.2) is 4.79 Å². The number of esters is 1. The van der Waals surface area contributed by atoms with E-state index in [1.807, 2.05) is 48.0 Å². The molecule has 0 aliphatic heterocycles. The summed E-state index contributed by atoms with van der Waals surface area (Å²) in [6.07, 6.45) is 1.96. The highest BCUT2D eigenvalue weighted by Gasteiger charge is 2.21. The predicted octanol–water partition coefficient (Wildman–Crippen LogP) is 2.81. The number of carbonyl (C=O) groups is 1. The maximum atomic E-state index is 11.6. The molecule has 1 unspecified atom stereocenters. The molecule has 3 aromatic rings. The quantitative estimate of drug-likeness (QED) is 0.689. The standard InChI is InChI=1S/C15H15N3O3/c1-3-20-15(19)14-17-16-13(21-14)10(2)18-9-8-11-6-4-5-7-12(11)18/h4-10H,3H2,1-2H3. The van der Waals surface area contributed by atoms with Crippen molar-refractivity contribution in [1.82, 2.24) is 14.8 Å². The minimum atomic E-state index is -0.596. The minimum absolute atomic E-state index is 0.116. The zero-order valence-corrected chi connectivity index (χ0v) is 11.8. The molecule has 2 aromatic heterocycles. The number of nitrogens with zero attached hydrogens (tertiary/aromatic N) is 3. The summed E-state index contributed by atoms with van der Waals surface area (Å²) >= 11 is 0. The van der Waals surface area contributed by atoms with E-state index in [0.29, 0.717) is 5.89 Å². The van der Waals surface area contributed by atoms with Crippen molar-refractivity contribution in [3.63, 3.8) is 0 Å². The van der Waals surface area contributed by atoms with Crippen LogP contribution >= 0.6 is 0 Å². The second-order valence-corrected chi connectivity index (χ2v) is 4.62. The molecule has 0 bridgehead atoms. The monoisotopic (exact) mass is 285 g/mol. The summed E-state index contributed by atoms with van der Waals surface area (Å²) in [5.74, 6) is -0.338. The van der Waals surface area contributed by atoms with Crippen molar-refractivity contribution in [3.05, 3.63) is 48.3 Å². The van der Waals surface area contributed by atoms with Crippen LogP contribution in [0.4, 0.5) is 0 Å². The fourth-order valence-corrected chi connectivity index (χ4v) is 2.24. The molecule has 1 aromatic carbocycles. The first-order valence-corrected chi connectivity index (χ1v) is 6.76. The summed E-state index contributed by atoms with van der Waals surface area (Å²) in [6.45, 7) is 3.94. The number of benzene rings is 1. The average molecular weight is 285 g/mol. The smallest absolute Gasteiger partial charge is 0.396 e. The molecule has 21 heavy (non-hydrogen) atoms.